The molecule has 3 nitrogen and oxygen atoms in total. The van der Waals surface area contributed by atoms with E-state index in [0.717, 1.165) is 0 Å². The molecule has 1 aliphatic rings. The van der Waals surface area contributed by atoms with Gasteiger partial charge in [0.25, 0.3) is 0 Å². The van der Waals surface area contributed by atoms with Crippen LogP contribution in [0.3, 0.4) is 0 Å². The van der Waals surface area contributed by atoms with E-state index >= 15 is 0 Å². The van der Waals surface area contributed by atoms with Crippen molar-refractivity contribution >= 4 is 0 Å². The predicted molar refractivity (Wildman–Crippen MR) is 52.2 cm³/mol. The van der Waals surface area contributed by atoms with Crippen LogP contribution in [0.4, 0.5) is 0 Å². The van der Waals surface area contributed by atoms with Crippen molar-refractivity contribution in [1.29, 1.82) is 0 Å². The number of hydrogen-bond donors (Lipinski definition) is 1. The molecule has 0 saturated carbocycles. The van der Waals surface area contributed by atoms with Gasteiger partial charge in [0.1, 0.15) is 0 Å². The highest BCUT2D eigenvalue weighted by Gasteiger charge is 2.22. The van der Waals surface area contributed by atoms with Gasteiger partial charge in [0.15, 0.2) is 6.23 Å². The molecule has 1 N–H and O–H groups in total. The van der Waals surface area contributed by atoms with Gasteiger partial charge >= 0.3 is 0 Å². The molecule has 2 unspecified atom stereocenters. The summed E-state index contributed by atoms with van der Waals surface area (Å²) in [6.45, 7) is 5.05. The van der Waals surface area contributed by atoms with E-state index in [4.69, 9.17) is 9.57 Å². The van der Waals surface area contributed by atoms with Crippen LogP contribution in [0.25, 0.3) is 0 Å². The van der Waals surface area contributed by atoms with Gasteiger partial charge in [-0.1, -0.05) is 32.6 Å². The summed E-state index contributed by atoms with van der Waals surface area (Å²) >= 11 is 0. The fourth-order valence-electron chi connectivity index (χ4n) is 1.31. The Morgan fingerprint density at radius 3 is 2.77 bits per heavy atom. The van der Waals surface area contributed by atoms with Crippen molar-refractivity contribution in [2.75, 3.05) is 6.61 Å². The van der Waals surface area contributed by atoms with E-state index in [9.17, 15) is 0 Å². The highest BCUT2D eigenvalue weighted by atomic mass is 16.8. The second-order valence-electron chi connectivity index (χ2n) is 3.72. The second-order valence-corrected chi connectivity index (χ2v) is 3.72. The molecule has 2 atom stereocenters. The molecule has 1 fully saturated rings. The summed E-state index contributed by atoms with van der Waals surface area (Å²) < 4.78 is 5.56. The summed E-state index contributed by atoms with van der Waals surface area (Å²) in [5.74, 6) is 0. The van der Waals surface area contributed by atoms with Gasteiger partial charge in [-0.25, -0.2) is 0 Å². The van der Waals surface area contributed by atoms with E-state index in [2.05, 4.69) is 19.3 Å². The molecule has 13 heavy (non-hydrogen) atoms. The van der Waals surface area contributed by atoms with Crippen LogP contribution < -0.4 is 5.48 Å². The van der Waals surface area contributed by atoms with Crippen molar-refractivity contribution in [3.05, 3.63) is 0 Å². The lowest BCUT2D eigenvalue weighted by molar-refractivity contribution is 0.0476. The molecule has 0 amide bonds. The third kappa shape index (κ3) is 6.02. The van der Waals surface area contributed by atoms with Crippen LogP contribution >= 0.6 is 0 Å². The number of hydrogen-bond acceptors (Lipinski definition) is 3. The molecule has 0 spiro atoms. The minimum atomic E-state index is 0.165. The van der Waals surface area contributed by atoms with Crippen LogP contribution in [0.5, 0.6) is 0 Å². The number of rotatable bonds is 8. The smallest absolute Gasteiger partial charge is 0.174 e. The van der Waals surface area contributed by atoms with Crippen molar-refractivity contribution in [2.45, 2.75) is 58.3 Å². The highest BCUT2D eigenvalue weighted by Crippen LogP contribution is 2.09. The number of unbranched alkanes of at least 4 members (excludes halogenated alkanes) is 3. The van der Waals surface area contributed by atoms with Gasteiger partial charge < -0.3 is 4.74 Å². The molecule has 0 bridgehead atoms. The van der Waals surface area contributed by atoms with Gasteiger partial charge in [-0.15, -0.1) is 0 Å². The van der Waals surface area contributed by atoms with Crippen molar-refractivity contribution in [3.63, 3.8) is 0 Å². The fraction of sp³-hybridized carbons (Fsp3) is 1.00. The fourth-order valence-corrected chi connectivity index (χ4v) is 1.31. The van der Waals surface area contributed by atoms with Gasteiger partial charge in [0, 0.05) is 0 Å². The Kier molecular flexibility index (Phi) is 5.35. The van der Waals surface area contributed by atoms with Crippen LogP contribution in [0.2, 0.25) is 0 Å². The second kappa shape index (κ2) is 6.35. The third-order valence-corrected chi connectivity index (χ3v) is 2.28. The average Bonchev–Trinajstić information content (AvgIpc) is 2.92. The SMILES string of the molecule is CCCCCCC(C)OCC1NO1. The number of hydroxylamine groups is 1. The zero-order chi connectivity index (χ0) is 9.52. The first kappa shape index (κ1) is 11.0. The molecule has 0 aliphatic carbocycles. The molecule has 0 aromatic heterocycles. The minimum Gasteiger partial charge on any atom is -0.374 e. The summed E-state index contributed by atoms with van der Waals surface area (Å²) in [6, 6.07) is 0. The summed E-state index contributed by atoms with van der Waals surface area (Å²) in [7, 11) is 0. The normalized spacial score (nSPS) is 23.1. The van der Waals surface area contributed by atoms with E-state index in [1.54, 1.807) is 0 Å². The molecule has 1 heterocycles. The molecule has 0 aromatic carbocycles. The Labute approximate surface area is 80.7 Å². The van der Waals surface area contributed by atoms with Crippen molar-refractivity contribution in [3.8, 4) is 0 Å². The maximum Gasteiger partial charge on any atom is 0.174 e. The van der Waals surface area contributed by atoms with Gasteiger partial charge in [-0.05, 0) is 13.3 Å². The zero-order valence-electron chi connectivity index (χ0n) is 8.71. The Bertz CT molecular complexity index is 126. The van der Waals surface area contributed by atoms with Crippen LogP contribution in [-0.4, -0.2) is 18.9 Å². The third-order valence-electron chi connectivity index (χ3n) is 2.28. The highest BCUT2D eigenvalue weighted by molar-refractivity contribution is 4.58. The van der Waals surface area contributed by atoms with Crippen LogP contribution in [0, 0.1) is 0 Å². The molecule has 1 aliphatic heterocycles. The quantitative estimate of drug-likeness (QED) is 0.468. The van der Waals surface area contributed by atoms with E-state index in [1.165, 1.54) is 32.1 Å². The van der Waals surface area contributed by atoms with Gasteiger partial charge in [-0.3, -0.25) is 4.84 Å². The van der Waals surface area contributed by atoms with Crippen molar-refractivity contribution < 1.29 is 9.57 Å². The summed E-state index contributed by atoms with van der Waals surface area (Å²) in [5, 5.41) is 0. The predicted octanol–water partition coefficient (Wildman–Crippen LogP) is 2.22. The summed E-state index contributed by atoms with van der Waals surface area (Å²) in [5.41, 5.74) is 2.74. The first-order valence-electron chi connectivity index (χ1n) is 5.35. The Morgan fingerprint density at radius 2 is 2.15 bits per heavy atom. The van der Waals surface area contributed by atoms with Gasteiger partial charge in [0.05, 0.1) is 12.7 Å². The molecule has 78 valence electrons. The maximum atomic E-state index is 5.56. The summed E-state index contributed by atoms with van der Waals surface area (Å²) in [4.78, 5) is 4.83. The molecule has 0 radical (unpaired) electrons. The van der Waals surface area contributed by atoms with E-state index in [0.29, 0.717) is 12.7 Å². The lowest BCUT2D eigenvalue weighted by atomic mass is 10.1. The topological polar surface area (TPSA) is 43.7 Å². The zero-order valence-corrected chi connectivity index (χ0v) is 8.71. The van der Waals surface area contributed by atoms with E-state index in [-0.39, 0.29) is 6.23 Å². The van der Waals surface area contributed by atoms with Gasteiger partial charge in [0.2, 0.25) is 0 Å². The maximum absolute atomic E-state index is 5.56. The number of ether oxygens (including phenoxy) is 1. The average molecular weight is 187 g/mol. The standard InChI is InChI=1S/C10H21NO2/c1-3-4-5-6-7-9(2)12-8-10-11-13-10/h9-11H,3-8H2,1-2H3. The largest absolute Gasteiger partial charge is 0.374 e. The molecule has 1 saturated heterocycles. The Morgan fingerprint density at radius 1 is 1.38 bits per heavy atom. The summed E-state index contributed by atoms with van der Waals surface area (Å²) in [6.07, 6.45) is 6.99. The minimum absolute atomic E-state index is 0.165. The Balaban J connectivity index is 1.81. The molecular weight excluding hydrogens is 166 g/mol. The first-order chi connectivity index (χ1) is 6.33. The van der Waals surface area contributed by atoms with Crippen LogP contribution in [0.15, 0.2) is 0 Å². The lowest BCUT2D eigenvalue weighted by Crippen LogP contribution is -2.13. The number of nitrogens with one attached hydrogen (secondary N) is 1. The van der Waals surface area contributed by atoms with Crippen LogP contribution in [0.1, 0.15) is 46.0 Å². The molecule has 0 aromatic rings. The molecular formula is C10H21NO2. The van der Waals surface area contributed by atoms with Crippen LogP contribution in [-0.2, 0) is 9.57 Å². The molecule has 1 rings (SSSR count). The lowest BCUT2D eigenvalue weighted by Gasteiger charge is -2.10. The Hall–Kier alpha value is -0.120. The van der Waals surface area contributed by atoms with Crippen molar-refractivity contribution in [2.24, 2.45) is 0 Å². The van der Waals surface area contributed by atoms with Gasteiger partial charge in [-0.2, -0.15) is 5.48 Å². The monoisotopic (exact) mass is 187 g/mol. The molecule has 3 heteroatoms. The van der Waals surface area contributed by atoms with Crippen molar-refractivity contribution in [1.82, 2.24) is 5.48 Å². The first-order valence-corrected chi connectivity index (χ1v) is 5.35. The van der Waals surface area contributed by atoms with E-state index in [1.807, 2.05) is 0 Å². The van der Waals surface area contributed by atoms with E-state index < -0.39 is 0 Å².